The van der Waals surface area contributed by atoms with Gasteiger partial charge in [0.1, 0.15) is 34.9 Å². The van der Waals surface area contributed by atoms with Crippen molar-refractivity contribution >= 4 is 40.3 Å². The topological polar surface area (TPSA) is 190 Å². The number of benzene rings is 2. The Bertz CT molecular complexity index is 1550. The molecule has 13 nitrogen and oxygen atoms in total. The number of amides is 3. The van der Waals surface area contributed by atoms with E-state index < -0.39 is 30.2 Å². The number of quaternary nitrogens is 1. The van der Waals surface area contributed by atoms with Gasteiger partial charge >= 0.3 is 18.2 Å². The number of aliphatic carboxylic acids is 1. The number of phenols is 2. The number of piperidine rings is 1. The number of anilines is 1. The second-order valence-electron chi connectivity index (χ2n) is 11.0. The first-order chi connectivity index (χ1) is 22.1. The van der Waals surface area contributed by atoms with Crippen LogP contribution in [-0.2, 0) is 27.3 Å². The summed E-state index contributed by atoms with van der Waals surface area (Å²) in [7, 11) is 3.40. The number of rotatable bonds is 9. The van der Waals surface area contributed by atoms with Gasteiger partial charge in [-0.05, 0) is 42.7 Å². The van der Waals surface area contributed by atoms with E-state index in [0.717, 1.165) is 48.4 Å². The Morgan fingerprint density at radius 1 is 1.11 bits per heavy atom. The number of carbonyl (C=O) groups is 4. The minimum atomic E-state index is -5.19. The minimum absolute atomic E-state index is 0.0997. The second kappa shape index (κ2) is 16.1. The number of alkyl halides is 3. The van der Waals surface area contributed by atoms with E-state index in [2.05, 4.69) is 32.7 Å². The minimum Gasteiger partial charge on any atom is -0.542 e. The maximum Gasteiger partial charge on any atom is 0.430 e. The molecule has 2 aromatic carbocycles. The predicted molar refractivity (Wildman–Crippen MR) is 161 cm³/mol. The molecule has 1 saturated heterocycles. The van der Waals surface area contributed by atoms with Crippen molar-refractivity contribution in [3.8, 4) is 11.5 Å². The fraction of sp³-hybridized carbons (Fsp3) is 0.367. The number of likely N-dealkylation sites (N-methyl/N-ethyl adjacent to an activating group) is 1. The van der Waals surface area contributed by atoms with E-state index in [9.17, 15) is 37.8 Å². The summed E-state index contributed by atoms with van der Waals surface area (Å²) < 4.78 is 36.9. The van der Waals surface area contributed by atoms with Crippen LogP contribution in [0.2, 0.25) is 0 Å². The van der Waals surface area contributed by atoms with Gasteiger partial charge in [-0.2, -0.15) is 13.2 Å². The number of carboxylic acid groups (broad SMARTS) is 1. The largest absolute Gasteiger partial charge is 0.542 e. The number of phenolic OH excluding ortho intramolecular Hbond substituents is 2. The van der Waals surface area contributed by atoms with Crippen LogP contribution < -0.4 is 21.1 Å². The first kappa shape index (κ1) is 36.6. The van der Waals surface area contributed by atoms with Gasteiger partial charge in [-0.1, -0.05) is 35.6 Å². The molecule has 0 saturated carbocycles. The Labute approximate surface area is 271 Å². The van der Waals surface area contributed by atoms with Gasteiger partial charge in [0.2, 0.25) is 5.91 Å². The van der Waals surface area contributed by atoms with E-state index in [1.807, 2.05) is 12.1 Å². The summed E-state index contributed by atoms with van der Waals surface area (Å²) in [5, 5.41) is 36.9. The predicted octanol–water partition coefficient (Wildman–Crippen LogP) is 2.30. The molecule has 47 heavy (non-hydrogen) atoms. The molecular weight excluding hydrogens is 647 g/mol. The van der Waals surface area contributed by atoms with E-state index >= 15 is 0 Å². The highest BCUT2D eigenvalue weighted by molar-refractivity contribution is 7.17. The van der Waals surface area contributed by atoms with Crippen molar-refractivity contribution in [2.45, 2.75) is 44.1 Å². The molecule has 254 valence electrons. The Kier molecular flexibility index (Phi) is 12.5. The van der Waals surface area contributed by atoms with Crippen LogP contribution in [0, 0.1) is 0 Å². The van der Waals surface area contributed by atoms with Crippen molar-refractivity contribution < 1.29 is 56.9 Å². The molecule has 0 aliphatic carbocycles. The number of aromatic nitrogens is 1. The van der Waals surface area contributed by atoms with Crippen molar-refractivity contribution in [2.24, 2.45) is 0 Å². The summed E-state index contributed by atoms with van der Waals surface area (Å²) in [5.74, 6) is -3.56. The number of carboxylic acids is 1. The normalized spacial score (nSPS) is 18.1. The molecular formula is C30H34F3N5O8S. The van der Waals surface area contributed by atoms with Crippen molar-refractivity contribution in [2.75, 3.05) is 32.6 Å². The van der Waals surface area contributed by atoms with E-state index in [1.54, 1.807) is 24.3 Å². The fourth-order valence-electron chi connectivity index (χ4n) is 4.99. The summed E-state index contributed by atoms with van der Waals surface area (Å²) in [6.07, 6.45) is -1.95. The number of carbonyl (C=O) groups excluding carboxylic acids is 4. The zero-order chi connectivity index (χ0) is 34.8. The van der Waals surface area contributed by atoms with Crippen LogP contribution in [0.1, 0.15) is 33.6 Å². The molecule has 0 bridgehead atoms. The molecule has 3 aromatic rings. The monoisotopic (exact) mass is 681 g/mol. The maximum absolute atomic E-state index is 13.5. The number of likely N-dealkylation sites (tertiary alicyclic amines) is 1. The number of methoxy groups -OCH3 is 1. The molecule has 3 amide bonds. The summed E-state index contributed by atoms with van der Waals surface area (Å²) >= 11 is 0.961. The number of nitrogens with one attached hydrogen (secondary N) is 3. The second-order valence-corrected chi connectivity index (χ2v) is 12.1. The third-order valence-electron chi connectivity index (χ3n) is 7.08. The summed E-state index contributed by atoms with van der Waals surface area (Å²) in [6.45, 7) is 2.37. The number of ether oxygens (including phenoxy) is 1. The van der Waals surface area contributed by atoms with Gasteiger partial charge in [-0.25, -0.2) is 14.6 Å². The molecule has 1 aromatic heterocycles. The first-order valence-electron chi connectivity index (χ1n) is 14.2. The Hall–Kier alpha value is -4.90. The van der Waals surface area contributed by atoms with Gasteiger partial charge in [-0.3, -0.25) is 10.1 Å². The highest BCUT2D eigenvalue weighted by Crippen LogP contribution is 2.23. The Morgan fingerprint density at radius 2 is 1.79 bits per heavy atom. The van der Waals surface area contributed by atoms with Crippen LogP contribution in [-0.4, -0.2) is 89.1 Å². The molecule has 17 heteroatoms. The lowest BCUT2D eigenvalue weighted by Gasteiger charge is -2.42. The first-order valence-corrected chi connectivity index (χ1v) is 15.0. The Morgan fingerprint density at radius 3 is 2.40 bits per heavy atom. The maximum atomic E-state index is 13.5. The van der Waals surface area contributed by atoms with Crippen LogP contribution in [0.4, 0.5) is 23.1 Å². The molecule has 1 unspecified atom stereocenters. The number of hydrogen-bond donors (Lipinski definition) is 5. The molecule has 0 spiro atoms. The zero-order valence-electron chi connectivity index (χ0n) is 25.4. The lowest BCUT2D eigenvalue weighted by molar-refractivity contribution is -0.927. The van der Waals surface area contributed by atoms with Gasteiger partial charge in [0.05, 0.1) is 39.5 Å². The summed E-state index contributed by atoms with van der Waals surface area (Å²) in [5.41, 5.74) is 1.78. The highest BCUT2D eigenvalue weighted by atomic mass is 32.1. The van der Waals surface area contributed by atoms with Crippen LogP contribution in [0.25, 0.3) is 0 Å². The van der Waals surface area contributed by atoms with Gasteiger partial charge in [-0.15, -0.1) is 0 Å². The van der Waals surface area contributed by atoms with Gasteiger partial charge in [0, 0.05) is 12.0 Å². The number of hydrogen-bond acceptors (Lipinski definition) is 10. The van der Waals surface area contributed by atoms with Gasteiger partial charge < -0.3 is 40.0 Å². The zero-order valence-corrected chi connectivity index (χ0v) is 26.2. The molecule has 5 N–H and O–H groups in total. The standard InChI is InChI=1S/C28H33N5O6S.C2HF3O2/c1-33(16-19-5-3-7-22(35)13-19)12-4-6-20(17-33)30-25(36)23(14-18-8-10-21(34)11-9-18)31-27(38)32-28-29-15-24(40-28)26(37)39-2;3-2(4,5)1(6)7/h3,5,7-11,13,15,20,23H,4,6,12,14,16-17H2,1-2H3,(H4-,29,30,31,32,34,35,36,37,38);(H,6,7)/t20-,23-,33?;/m0./s1. The van der Waals surface area contributed by atoms with Crippen LogP contribution in [0.15, 0.2) is 54.7 Å². The fourth-order valence-corrected chi connectivity index (χ4v) is 5.72. The number of thiazole rings is 1. The molecule has 0 radical (unpaired) electrons. The third kappa shape index (κ3) is 11.8. The average molecular weight is 682 g/mol. The highest BCUT2D eigenvalue weighted by Gasteiger charge is 2.34. The van der Waals surface area contributed by atoms with Crippen molar-refractivity contribution in [1.29, 1.82) is 0 Å². The van der Waals surface area contributed by atoms with E-state index in [-0.39, 0.29) is 39.9 Å². The number of nitrogens with zero attached hydrogens (tertiary/aromatic N) is 2. The number of urea groups is 1. The van der Waals surface area contributed by atoms with Crippen molar-refractivity contribution in [1.82, 2.24) is 15.6 Å². The van der Waals surface area contributed by atoms with Crippen LogP contribution in [0.3, 0.4) is 0 Å². The lowest BCUT2D eigenvalue weighted by atomic mass is 10.00. The third-order valence-corrected chi connectivity index (χ3v) is 7.97. The van der Waals surface area contributed by atoms with E-state index in [0.29, 0.717) is 11.0 Å². The van der Waals surface area contributed by atoms with Crippen molar-refractivity contribution in [3.05, 3.63) is 70.7 Å². The molecule has 2 heterocycles. The molecule has 4 rings (SSSR count). The van der Waals surface area contributed by atoms with Crippen molar-refractivity contribution in [3.63, 3.8) is 0 Å². The van der Waals surface area contributed by atoms with Gasteiger partial charge in [0.25, 0.3) is 0 Å². The summed E-state index contributed by atoms with van der Waals surface area (Å²) in [6, 6.07) is 12.0. The average Bonchev–Trinajstić information content (AvgIpc) is 3.45. The number of aromatic hydroxyl groups is 2. The smallest absolute Gasteiger partial charge is 0.430 e. The van der Waals surface area contributed by atoms with Gasteiger partial charge in [0.15, 0.2) is 5.13 Å². The molecule has 1 aliphatic rings. The molecule has 1 aliphatic heterocycles. The van der Waals surface area contributed by atoms with Crippen LogP contribution >= 0.6 is 11.3 Å². The Balaban J connectivity index is 0.000000771. The lowest BCUT2D eigenvalue weighted by Crippen LogP contribution is -2.59. The number of halogens is 3. The summed E-state index contributed by atoms with van der Waals surface area (Å²) in [4.78, 5) is 51.1. The molecule has 3 atom stereocenters. The van der Waals surface area contributed by atoms with Crippen LogP contribution in [0.5, 0.6) is 11.5 Å². The van der Waals surface area contributed by atoms with E-state index in [1.165, 1.54) is 25.4 Å². The number of esters is 1. The quantitative estimate of drug-likeness (QED) is 0.167. The van der Waals surface area contributed by atoms with E-state index in [4.69, 9.17) is 9.90 Å². The SMILES string of the molecule is COC(=O)c1cnc(NC(=O)N[C@@H](Cc2ccc(O)cc2)C(=O)N[C@H]2CCC[N+](C)(Cc3cccc(O)c3)C2)s1.O=C([O-])C(F)(F)F. The molecule has 1 fully saturated rings.